The van der Waals surface area contributed by atoms with Gasteiger partial charge in [0.2, 0.25) is 5.78 Å². The van der Waals surface area contributed by atoms with Crippen LogP contribution in [0.15, 0.2) is 23.8 Å². The second-order valence-corrected chi connectivity index (χ2v) is 4.41. The van der Waals surface area contributed by atoms with Crippen molar-refractivity contribution in [2.24, 2.45) is 0 Å². The van der Waals surface area contributed by atoms with Crippen LogP contribution >= 0.6 is 11.3 Å². The minimum absolute atomic E-state index is 0.0405. The van der Waals surface area contributed by atoms with Gasteiger partial charge in [-0.3, -0.25) is 4.79 Å². The molecule has 2 heterocycles. The van der Waals surface area contributed by atoms with Gasteiger partial charge in [-0.05, 0) is 30.4 Å². The first-order valence-corrected chi connectivity index (χ1v) is 6.28. The number of rotatable bonds is 4. The largest absolute Gasteiger partial charge is 0.328 e. The molecule has 2 rings (SSSR count). The number of carbonyl (C=O) groups is 1. The predicted octanol–water partition coefficient (Wildman–Crippen LogP) is 2.76. The van der Waals surface area contributed by atoms with Gasteiger partial charge in [-0.25, -0.2) is 4.98 Å². The molecule has 0 N–H and O–H groups in total. The van der Waals surface area contributed by atoms with Gasteiger partial charge in [-0.1, -0.05) is 6.92 Å². The molecule has 0 bridgehead atoms. The van der Waals surface area contributed by atoms with Crippen LogP contribution in [0.3, 0.4) is 0 Å². The number of hydrogen-bond acceptors (Lipinski definition) is 3. The first kappa shape index (κ1) is 11.1. The van der Waals surface area contributed by atoms with Crippen molar-refractivity contribution in [3.8, 4) is 0 Å². The number of ketones is 1. The van der Waals surface area contributed by atoms with Crippen LogP contribution in [-0.4, -0.2) is 15.3 Å². The Morgan fingerprint density at radius 1 is 1.50 bits per heavy atom. The van der Waals surface area contributed by atoms with E-state index in [-0.39, 0.29) is 5.78 Å². The van der Waals surface area contributed by atoms with E-state index in [0.717, 1.165) is 23.4 Å². The van der Waals surface area contributed by atoms with Crippen LogP contribution in [0.25, 0.3) is 0 Å². The van der Waals surface area contributed by atoms with Crippen molar-refractivity contribution in [2.45, 2.75) is 26.8 Å². The molecule has 84 valence electrons. The van der Waals surface area contributed by atoms with Crippen molar-refractivity contribution in [1.29, 1.82) is 0 Å². The van der Waals surface area contributed by atoms with E-state index in [9.17, 15) is 4.79 Å². The first-order valence-electron chi connectivity index (χ1n) is 5.40. The highest BCUT2D eigenvalue weighted by Crippen LogP contribution is 2.20. The van der Waals surface area contributed by atoms with Gasteiger partial charge in [0.15, 0.2) is 5.82 Å². The maximum atomic E-state index is 12.3. The molecular weight excluding hydrogens is 220 g/mol. The predicted molar refractivity (Wildman–Crippen MR) is 65.0 cm³/mol. The van der Waals surface area contributed by atoms with Gasteiger partial charge in [-0.2, -0.15) is 0 Å². The molecule has 16 heavy (non-hydrogen) atoms. The average Bonchev–Trinajstić information content (AvgIpc) is 2.96. The van der Waals surface area contributed by atoms with Crippen molar-refractivity contribution in [3.05, 3.63) is 40.1 Å². The van der Waals surface area contributed by atoms with Crippen molar-refractivity contribution < 1.29 is 4.79 Å². The van der Waals surface area contributed by atoms with Gasteiger partial charge in [0.1, 0.15) is 0 Å². The van der Waals surface area contributed by atoms with Crippen LogP contribution in [0.1, 0.15) is 34.9 Å². The van der Waals surface area contributed by atoms with Crippen molar-refractivity contribution in [2.75, 3.05) is 0 Å². The molecule has 0 atom stereocenters. The topological polar surface area (TPSA) is 34.9 Å². The fourth-order valence-corrected chi connectivity index (χ4v) is 2.62. The van der Waals surface area contributed by atoms with Crippen LogP contribution in [-0.2, 0) is 13.0 Å². The average molecular weight is 234 g/mol. The third-order valence-corrected chi connectivity index (χ3v) is 3.55. The molecular formula is C12H14N2OS. The SMILES string of the molecule is CCc1ccsc1C(=O)c1nccn1CC. The van der Waals surface area contributed by atoms with Gasteiger partial charge in [0, 0.05) is 18.9 Å². The van der Waals surface area contributed by atoms with Crippen molar-refractivity contribution in [3.63, 3.8) is 0 Å². The van der Waals surface area contributed by atoms with E-state index in [2.05, 4.69) is 11.9 Å². The molecule has 3 nitrogen and oxygen atoms in total. The Morgan fingerprint density at radius 2 is 2.31 bits per heavy atom. The van der Waals surface area contributed by atoms with Crippen LogP contribution in [0.4, 0.5) is 0 Å². The molecule has 4 heteroatoms. The summed E-state index contributed by atoms with van der Waals surface area (Å²) in [5, 5.41) is 1.96. The number of carbonyl (C=O) groups excluding carboxylic acids is 1. The minimum atomic E-state index is 0.0405. The van der Waals surface area contributed by atoms with Gasteiger partial charge in [0.05, 0.1) is 4.88 Å². The number of hydrogen-bond donors (Lipinski definition) is 0. The zero-order chi connectivity index (χ0) is 11.5. The summed E-state index contributed by atoms with van der Waals surface area (Å²) in [4.78, 5) is 17.2. The Labute approximate surface area is 98.8 Å². The third-order valence-electron chi connectivity index (χ3n) is 2.59. The van der Waals surface area contributed by atoms with E-state index in [1.54, 1.807) is 6.20 Å². The molecule has 2 aromatic rings. The summed E-state index contributed by atoms with van der Waals surface area (Å²) < 4.78 is 1.88. The lowest BCUT2D eigenvalue weighted by atomic mass is 10.1. The van der Waals surface area contributed by atoms with E-state index in [1.807, 2.05) is 29.1 Å². The highest BCUT2D eigenvalue weighted by molar-refractivity contribution is 7.12. The second-order valence-electron chi connectivity index (χ2n) is 3.49. The summed E-state index contributed by atoms with van der Waals surface area (Å²) in [6.45, 7) is 4.84. The highest BCUT2D eigenvalue weighted by Gasteiger charge is 2.18. The molecule has 0 radical (unpaired) electrons. The fraction of sp³-hybridized carbons (Fsp3) is 0.333. The van der Waals surface area contributed by atoms with E-state index in [1.165, 1.54) is 11.3 Å². The second kappa shape index (κ2) is 4.61. The maximum absolute atomic E-state index is 12.3. The fourth-order valence-electron chi connectivity index (χ4n) is 1.69. The molecule has 0 spiro atoms. The summed E-state index contributed by atoms with van der Waals surface area (Å²) in [7, 11) is 0. The normalized spacial score (nSPS) is 10.6. The highest BCUT2D eigenvalue weighted by atomic mass is 32.1. The van der Waals surface area contributed by atoms with Crippen LogP contribution in [0.2, 0.25) is 0 Å². The van der Waals surface area contributed by atoms with Crippen LogP contribution in [0.5, 0.6) is 0 Å². The van der Waals surface area contributed by atoms with Gasteiger partial charge < -0.3 is 4.57 Å². The number of aryl methyl sites for hydroxylation is 2. The van der Waals surface area contributed by atoms with Gasteiger partial charge >= 0.3 is 0 Å². The standard InChI is InChI=1S/C12H14N2OS/c1-3-9-5-8-16-11(9)10(15)12-13-6-7-14(12)4-2/h5-8H,3-4H2,1-2H3. The van der Waals surface area contributed by atoms with Crippen molar-refractivity contribution >= 4 is 17.1 Å². The smallest absolute Gasteiger partial charge is 0.238 e. The molecule has 0 aliphatic heterocycles. The molecule has 2 aromatic heterocycles. The molecule has 0 aromatic carbocycles. The van der Waals surface area contributed by atoms with Crippen molar-refractivity contribution in [1.82, 2.24) is 9.55 Å². The van der Waals surface area contributed by atoms with Gasteiger partial charge in [0.25, 0.3) is 0 Å². The molecule has 0 saturated heterocycles. The zero-order valence-corrected chi connectivity index (χ0v) is 10.3. The summed E-state index contributed by atoms with van der Waals surface area (Å²) in [5.41, 5.74) is 1.11. The zero-order valence-electron chi connectivity index (χ0n) is 9.43. The lowest BCUT2D eigenvalue weighted by Gasteiger charge is -2.03. The Hall–Kier alpha value is -1.42. The molecule has 0 saturated carbocycles. The monoisotopic (exact) mass is 234 g/mol. The summed E-state index contributed by atoms with van der Waals surface area (Å²) >= 11 is 1.50. The summed E-state index contributed by atoms with van der Waals surface area (Å²) in [6, 6.07) is 2.01. The third kappa shape index (κ3) is 1.80. The van der Waals surface area contributed by atoms with Crippen LogP contribution < -0.4 is 0 Å². The number of aromatic nitrogens is 2. The molecule has 0 amide bonds. The molecule has 0 fully saturated rings. The Kier molecular flexibility index (Phi) is 3.19. The number of thiophene rings is 1. The quantitative estimate of drug-likeness (QED) is 0.762. The molecule has 0 unspecified atom stereocenters. The van der Waals surface area contributed by atoms with E-state index < -0.39 is 0 Å². The molecule has 0 aliphatic carbocycles. The Morgan fingerprint density at radius 3 is 3.00 bits per heavy atom. The van der Waals surface area contributed by atoms with E-state index in [4.69, 9.17) is 0 Å². The first-order chi connectivity index (χ1) is 7.77. The number of nitrogens with zero attached hydrogens (tertiary/aromatic N) is 2. The summed E-state index contributed by atoms with van der Waals surface area (Å²) in [6.07, 6.45) is 4.40. The number of imidazole rings is 1. The Bertz CT molecular complexity index is 454. The lowest BCUT2D eigenvalue weighted by molar-refractivity contribution is 0.102. The Balaban J connectivity index is 2.39. The van der Waals surface area contributed by atoms with Gasteiger partial charge in [-0.15, -0.1) is 11.3 Å². The maximum Gasteiger partial charge on any atom is 0.238 e. The lowest BCUT2D eigenvalue weighted by Crippen LogP contribution is -2.10. The summed E-state index contributed by atoms with van der Waals surface area (Å²) in [5.74, 6) is 0.582. The minimum Gasteiger partial charge on any atom is -0.328 e. The van der Waals surface area contributed by atoms with Crippen LogP contribution in [0, 0.1) is 0 Å². The van der Waals surface area contributed by atoms with E-state index in [0.29, 0.717) is 5.82 Å². The van der Waals surface area contributed by atoms with E-state index >= 15 is 0 Å². The molecule has 0 aliphatic rings.